The van der Waals surface area contributed by atoms with Gasteiger partial charge in [0.15, 0.2) is 0 Å². The van der Waals surface area contributed by atoms with E-state index in [9.17, 15) is 13.2 Å². The summed E-state index contributed by atoms with van der Waals surface area (Å²) >= 11 is 0. The minimum absolute atomic E-state index is 0.00128. The van der Waals surface area contributed by atoms with Crippen molar-refractivity contribution in [1.29, 1.82) is 0 Å². The molecule has 6 nitrogen and oxygen atoms in total. The van der Waals surface area contributed by atoms with Crippen molar-refractivity contribution in [1.82, 2.24) is 0 Å². The van der Waals surface area contributed by atoms with Crippen molar-refractivity contribution in [2.45, 2.75) is 12.2 Å². The number of anilines is 2. The van der Waals surface area contributed by atoms with Crippen molar-refractivity contribution in [3.05, 3.63) is 53.6 Å². The standard InChI is InChI=1S/C17H18N2O4S/c1-19-16-7-6-14(9-13(16)10-17(19)20)18-24(21,22)11-12-4-3-5-15(8-12)23-2/h3-9,18H,10-11H2,1-2H3. The van der Waals surface area contributed by atoms with Crippen molar-refractivity contribution in [2.24, 2.45) is 0 Å². The first-order valence-electron chi connectivity index (χ1n) is 7.41. The molecule has 0 fully saturated rings. The van der Waals surface area contributed by atoms with Gasteiger partial charge in [0.05, 0.1) is 19.3 Å². The third-order valence-electron chi connectivity index (χ3n) is 3.92. The van der Waals surface area contributed by atoms with E-state index in [1.807, 2.05) is 0 Å². The number of carbonyl (C=O) groups is 1. The van der Waals surface area contributed by atoms with E-state index in [0.717, 1.165) is 11.3 Å². The van der Waals surface area contributed by atoms with Crippen LogP contribution in [0.15, 0.2) is 42.5 Å². The molecule has 0 aromatic heterocycles. The summed E-state index contributed by atoms with van der Waals surface area (Å²) in [6.07, 6.45) is 0.289. The van der Waals surface area contributed by atoms with Gasteiger partial charge in [0.25, 0.3) is 0 Å². The highest BCUT2D eigenvalue weighted by molar-refractivity contribution is 7.91. The average Bonchev–Trinajstić information content (AvgIpc) is 2.80. The molecule has 1 aliphatic heterocycles. The summed E-state index contributed by atoms with van der Waals surface area (Å²) in [5.74, 6) is 0.461. The van der Waals surface area contributed by atoms with Gasteiger partial charge in [0.2, 0.25) is 15.9 Å². The first kappa shape index (κ1) is 16.3. The lowest BCUT2D eigenvalue weighted by atomic mass is 10.1. The molecular weight excluding hydrogens is 328 g/mol. The van der Waals surface area contributed by atoms with Crippen LogP contribution in [0.1, 0.15) is 11.1 Å². The first-order chi connectivity index (χ1) is 11.4. The molecule has 0 radical (unpaired) electrons. The Morgan fingerprint density at radius 3 is 2.75 bits per heavy atom. The number of hydrogen-bond donors (Lipinski definition) is 1. The number of hydrogen-bond acceptors (Lipinski definition) is 4. The van der Waals surface area contributed by atoms with Crippen molar-refractivity contribution >= 4 is 27.3 Å². The van der Waals surface area contributed by atoms with Crippen LogP contribution in [0.25, 0.3) is 0 Å². The van der Waals surface area contributed by atoms with Gasteiger partial charge in [-0.2, -0.15) is 0 Å². The van der Waals surface area contributed by atoms with Crippen molar-refractivity contribution in [3.63, 3.8) is 0 Å². The van der Waals surface area contributed by atoms with Gasteiger partial charge in [0, 0.05) is 18.4 Å². The fraction of sp³-hybridized carbons (Fsp3) is 0.235. The number of amides is 1. The van der Waals surface area contributed by atoms with Gasteiger partial charge >= 0.3 is 0 Å². The van der Waals surface area contributed by atoms with Crippen LogP contribution in [0.4, 0.5) is 11.4 Å². The monoisotopic (exact) mass is 346 g/mol. The molecule has 0 atom stereocenters. The van der Waals surface area contributed by atoms with Crippen molar-refractivity contribution < 1.29 is 17.9 Å². The molecule has 2 aromatic rings. The molecular formula is C17H18N2O4S. The molecule has 1 heterocycles. The lowest BCUT2D eigenvalue weighted by molar-refractivity contribution is -0.117. The Morgan fingerprint density at radius 1 is 1.21 bits per heavy atom. The van der Waals surface area contributed by atoms with Crippen LogP contribution >= 0.6 is 0 Å². The lowest BCUT2D eigenvalue weighted by Crippen LogP contribution is -2.20. The molecule has 0 saturated carbocycles. The Labute approximate surface area is 141 Å². The highest BCUT2D eigenvalue weighted by atomic mass is 32.2. The highest BCUT2D eigenvalue weighted by Gasteiger charge is 2.24. The SMILES string of the molecule is COc1cccc(CS(=O)(=O)Nc2ccc3c(c2)CC(=O)N3C)c1. The topological polar surface area (TPSA) is 75.7 Å². The van der Waals surface area contributed by atoms with Crippen LogP contribution in [0.5, 0.6) is 5.75 Å². The molecule has 1 aliphatic rings. The van der Waals surface area contributed by atoms with Crippen LogP contribution in [0.2, 0.25) is 0 Å². The van der Waals surface area contributed by atoms with E-state index in [-0.39, 0.29) is 18.1 Å². The largest absolute Gasteiger partial charge is 0.497 e. The Kier molecular flexibility index (Phi) is 4.19. The zero-order chi connectivity index (χ0) is 17.3. The highest BCUT2D eigenvalue weighted by Crippen LogP contribution is 2.30. The predicted octanol–water partition coefficient (Wildman–Crippen LogP) is 2.16. The summed E-state index contributed by atoms with van der Waals surface area (Å²) in [4.78, 5) is 13.3. The van der Waals surface area contributed by atoms with Crippen molar-refractivity contribution in [2.75, 3.05) is 23.8 Å². The number of nitrogens with zero attached hydrogens (tertiary/aromatic N) is 1. The van der Waals surface area contributed by atoms with Crippen LogP contribution in [-0.2, 0) is 27.0 Å². The van der Waals surface area contributed by atoms with Crippen LogP contribution in [-0.4, -0.2) is 28.5 Å². The van der Waals surface area contributed by atoms with Gasteiger partial charge in [-0.25, -0.2) is 8.42 Å². The van der Waals surface area contributed by atoms with Crippen LogP contribution < -0.4 is 14.4 Å². The zero-order valence-corrected chi connectivity index (χ0v) is 14.3. The quantitative estimate of drug-likeness (QED) is 0.900. The molecule has 0 saturated heterocycles. The van der Waals surface area contributed by atoms with Gasteiger partial charge in [-0.3, -0.25) is 9.52 Å². The average molecular weight is 346 g/mol. The number of carbonyl (C=O) groups excluding carboxylic acids is 1. The van der Waals surface area contributed by atoms with E-state index in [0.29, 0.717) is 17.0 Å². The third-order valence-corrected chi connectivity index (χ3v) is 5.18. The van der Waals surface area contributed by atoms with Gasteiger partial charge in [0.1, 0.15) is 5.75 Å². The van der Waals surface area contributed by atoms with Gasteiger partial charge < -0.3 is 9.64 Å². The van der Waals surface area contributed by atoms with E-state index in [4.69, 9.17) is 4.74 Å². The second-order valence-electron chi connectivity index (χ2n) is 5.69. The van der Waals surface area contributed by atoms with Gasteiger partial charge in [-0.05, 0) is 41.5 Å². The summed E-state index contributed by atoms with van der Waals surface area (Å²) in [7, 11) is -0.316. The number of methoxy groups -OCH3 is 1. The zero-order valence-electron chi connectivity index (χ0n) is 13.4. The smallest absolute Gasteiger partial charge is 0.236 e. The summed E-state index contributed by atoms with van der Waals surface area (Å²) in [6, 6.07) is 12.1. The number of ether oxygens (including phenoxy) is 1. The number of rotatable bonds is 5. The van der Waals surface area contributed by atoms with E-state index in [2.05, 4.69) is 4.72 Å². The Balaban J connectivity index is 1.78. The normalized spacial score (nSPS) is 13.8. The number of benzene rings is 2. The molecule has 0 spiro atoms. The van der Waals surface area contributed by atoms with Gasteiger partial charge in [-0.15, -0.1) is 0 Å². The maximum absolute atomic E-state index is 12.4. The molecule has 1 N–H and O–H groups in total. The summed E-state index contributed by atoms with van der Waals surface area (Å²) in [6.45, 7) is 0. The Hall–Kier alpha value is -2.54. The second-order valence-corrected chi connectivity index (χ2v) is 7.41. The van der Waals surface area contributed by atoms with E-state index in [1.54, 1.807) is 54.4 Å². The Bertz CT molecular complexity index is 893. The van der Waals surface area contributed by atoms with E-state index in [1.165, 1.54) is 7.11 Å². The summed E-state index contributed by atoms with van der Waals surface area (Å²) in [5.41, 5.74) is 2.73. The third kappa shape index (κ3) is 3.35. The lowest BCUT2D eigenvalue weighted by Gasteiger charge is -2.12. The molecule has 2 aromatic carbocycles. The summed E-state index contributed by atoms with van der Waals surface area (Å²) < 4.78 is 32.4. The van der Waals surface area contributed by atoms with Gasteiger partial charge in [-0.1, -0.05) is 12.1 Å². The number of likely N-dealkylation sites (N-methyl/N-ethyl adjacent to an activating group) is 1. The van der Waals surface area contributed by atoms with Crippen LogP contribution in [0.3, 0.4) is 0 Å². The molecule has 3 rings (SSSR count). The molecule has 1 amide bonds. The Morgan fingerprint density at radius 2 is 2.00 bits per heavy atom. The summed E-state index contributed by atoms with van der Waals surface area (Å²) in [5, 5.41) is 0. The fourth-order valence-corrected chi connectivity index (χ4v) is 3.91. The molecule has 24 heavy (non-hydrogen) atoms. The molecule has 126 valence electrons. The minimum Gasteiger partial charge on any atom is -0.497 e. The van der Waals surface area contributed by atoms with E-state index >= 15 is 0 Å². The maximum Gasteiger partial charge on any atom is 0.236 e. The maximum atomic E-state index is 12.4. The molecule has 0 bridgehead atoms. The molecule has 0 aliphatic carbocycles. The van der Waals surface area contributed by atoms with Crippen molar-refractivity contribution in [3.8, 4) is 5.75 Å². The van der Waals surface area contributed by atoms with Crippen LogP contribution in [0, 0.1) is 0 Å². The minimum atomic E-state index is -3.56. The number of fused-ring (bicyclic) bond motifs is 1. The first-order valence-corrected chi connectivity index (χ1v) is 9.06. The fourth-order valence-electron chi connectivity index (χ4n) is 2.73. The predicted molar refractivity (Wildman–Crippen MR) is 92.8 cm³/mol. The number of nitrogens with one attached hydrogen (secondary N) is 1. The van der Waals surface area contributed by atoms with E-state index < -0.39 is 10.0 Å². The molecule has 7 heteroatoms. The molecule has 0 unspecified atom stereocenters. The number of sulfonamides is 1. The second kappa shape index (κ2) is 6.16.